The number of carbonyl (C=O) groups is 1. The van der Waals surface area contributed by atoms with Crippen LogP contribution in [0.15, 0.2) is 51.8 Å². The first-order chi connectivity index (χ1) is 12.3. The third-order valence-electron chi connectivity index (χ3n) is 4.45. The van der Waals surface area contributed by atoms with Gasteiger partial charge in [0.05, 0.1) is 4.90 Å². The second kappa shape index (κ2) is 7.50. The van der Waals surface area contributed by atoms with Crippen LogP contribution in [0.4, 0.5) is 0 Å². The number of rotatable bonds is 3. The fourth-order valence-electron chi connectivity index (χ4n) is 3.17. The standard InChI is InChI=1S/C19H21BrN2O3S/c1-14-11-15(2)13-16(12-14)19(23)21-7-9-22(10-8-21)26(24,25)18-5-3-17(20)4-6-18/h3-6,11-13H,7-10H2,1-2H3. The van der Waals surface area contributed by atoms with Crippen LogP contribution >= 0.6 is 15.9 Å². The molecule has 0 unspecified atom stereocenters. The summed E-state index contributed by atoms with van der Waals surface area (Å²) in [4.78, 5) is 14.7. The molecule has 2 aromatic carbocycles. The van der Waals surface area contributed by atoms with E-state index in [1.54, 1.807) is 29.2 Å². The van der Waals surface area contributed by atoms with Crippen molar-refractivity contribution in [2.75, 3.05) is 26.2 Å². The van der Waals surface area contributed by atoms with Crippen molar-refractivity contribution in [2.45, 2.75) is 18.7 Å². The van der Waals surface area contributed by atoms with Crippen molar-refractivity contribution in [1.82, 2.24) is 9.21 Å². The molecule has 1 saturated heterocycles. The molecule has 0 aliphatic carbocycles. The zero-order valence-electron chi connectivity index (χ0n) is 14.8. The molecule has 1 amide bonds. The number of aryl methyl sites for hydroxylation is 2. The Morgan fingerprint density at radius 1 is 0.923 bits per heavy atom. The van der Waals surface area contributed by atoms with Crippen molar-refractivity contribution < 1.29 is 13.2 Å². The summed E-state index contributed by atoms with van der Waals surface area (Å²) in [5.74, 6) is -0.0440. The Labute approximate surface area is 162 Å². The number of hydrogen-bond donors (Lipinski definition) is 0. The van der Waals surface area contributed by atoms with Gasteiger partial charge in [0, 0.05) is 36.2 Å². The maximum atomic E-state index is 12.7. The summed E-state index contributed by atoms with van der Waals surface area (Å²) in [5.41, 5.74) is 2.75. The Kier molecular flexibility index (Phi) is 5.50. The van der Waals surface area contributed by atoms with Crippen molar-refractivity contribution in [3.05, 3.63) is 63.6 Å². The van der Waals surface area contributed by atoms with Gasteiger partial charge in [0.15, 0.2) is 0 Å². The molecule has 2 aromatic rings. The van der Waals surface area contributed by atoms with E-state index < -0.39 is 10.0 Å². The van der Waals surface area contributed by atoms with Gasteiger partial charge in [-0.15, -0.1) is 0 Å². The molecule has 0 N–H and O–H groups in total. The molecule has 0 radical (unpaired) electrons. The molecule has 1 heterocycles. The minimum atomic E-state index is -3.53. The molecule has 0 atom stereocenters. The number of halogens is 1. The molecular formula is C19H21BrN2O3S. The number of carbonyl (C=O) groups excluding carboxylic acids is 1. The molecule has 0 spiro atoms. The molecule has 0 aromatic heterocycles. The van der Waals surface area contributed by atoms with Gasteiger partial charge in [-0.1, -0.05) is 33.1 Å². The van der Waals surface area contributed by atoms with Crippen LogP contribution in [0, 0.1) is 13.8 Å². The van der Waals surface area contributed by atoms with E-state index in [9.17, 15) is 13.2 Å². The summed E-state index contributed by atoms with van der Waals surface area (Å²) in [6.45, 7) is 5.31. The van der Waals surface area contributed by atoms with Crippen molar-refractivity contribution in [3.63, 3.8) is 0 Å². The fraction of sp³-hybridized carbons (Fsp3) is 0.316. The highest BCUT2D eigenvalue weighted by molar-refractivity contribution is 9.10. The summed E-state index contributed by atoms with van der Waals surface area (Å²) in [5, 5.41) is 0. The van der Waals surface area contributed by atoms with E-state index in [1.807, 2.05) is 32.0 Å². The van der Waals surface area contributed by atoms with Gasteiger partial charge in [-0.3, -0.25) is 4.79 Å². The number of nitrogens with zero attached hydrogens (tertiary/aromatic N) is 2. The monoisotopic (exact) mass is 436 g/mol. The highest BCUT2D eigenvalue weighted by atomic mass is 79.9. The van der Waals surface area contributed by atoms with Gasteiger partial charge >= 0.3 is 0 Å². The van der Waals surface area contributed by atoms with Crippen LogP contribution in [0.3, 0.4) is 0 Å². The van der Waals surface area contributed by atoms with E-state index in [0.29, 0.717) is 31.7 Å². The van der Waals surface area contributed by atoms with Crippen LogP contribution in [0.5, 0.6) is 0 Å². The zero-order chi connectivity index (χ0) is 18.9. The predicted molar refractivity (Wildman–Crippen MR) is 105 cm³/mol. The van der Waals surface area contributed by atoms with E-state index in [-0.39, 0.29) is 10.8 Å². The van der Waals surface area contributed by atoms with Gasteiger partial charge in [-0.25, -0.2) is 8.42 Å². The van der Waals surface area contributed by atoms with Gasteiger partial charge in [-0.2, -0.15) is 4.31 Å². The highest BCUT2D eigenvalue weighted by Gasteiger charge is 2.30. The summed E-state index contributed by atoms with van der Waals surface area (Å²) in [7, 11) is -3.53. The maximum Gasteiger partial charge on any atom is 0.253 e. The number of amides is 1. The van der Waals surface area contributed by atoms with Crippen LogP contribution in [0.1, 0.15) is 21.5 Å². The average Bonchev–Trinajstić information content (AvgIpc) is 2.61. The molecule has 138 valence electrons. The molecule has 0 saturated carbocycles. The number of hydrogen-bond acceptors (Lipinski definition) is 3. The molecule has 1 aliphatic rings. The molecular weight excluding hydrogens is 416 g/mol. The topological polar surface area (TPSA) is 57.7 Å². The van der Waals surface area contributed by atoms with Crippen LogP contribution in [0.25, 0.3) is 0 Å². The first-order valence-electron chi connectivity index (χ1n) is 8.41. The van der Waals surface area contributed by atoms with Crippen LogP contribution in [0.2, 0.25) is 0 Å². The first-order valence-corrected chi connectivity index (χ1v) is 10.6. The van der Waals surface area contributed by atoms with E-state index >= 15 is 0 Å². The smallest absolute Gasteiger partial charge is 0.253 e. The van der Waals surface area contributed by atoms with Gasteiger partial charge in [-0.05, 0) is 50.2 Å². The second-order valence-electron chi connectivity index (χ2n) is 6.53. The van der Waals surface area contributed by atoms with E-state index in [0.717, 1.165) is 15.6 Å². The number of sulfonamides is 1. The molecule has 5 nitrogen and oxygen atoms in total. The van der Waals surface area contributed by atoms with Crippen molar-refractivity contribution >= 4 is 31.9 Å². The lowest BCUT2D eigenvalue weighted by Crippen LogP contribution is -2.50. The third-order valence-corrected chi connectivity index (χ3v) is 6.89. The van der Waals surface area contributed by atoms with Crippen LogP contribution in [-0.2, 0) is 10.0 Å². The summed E-state index contributed by atoms with van der Waals surface area (Å²) in [6.07, 6.45) is 0. The van der Waals surface area contributed by atoms with Crippen molar-refractivity contribution in [2.24, 2.45) is 0 Å². The average molecular weight is 437 g/mol. The number of piperazine rings is 1. The summed E-state index contributed by atoms with van der Waals surface area (Å²) in [6, 6.07) is 12.4. The molecule has 7 heteroatoms. The SMILES string of the molecule is Cc1cc(C)cc(C(=O)N2CCN(S(=O)(=O)c3ccc(Br)cc3)CC2)c1. The minimum Gasteiger partial charge on any atom is -0.336 e. The Bertz CT molecular complexity index is 898. The van der Waals surface area contributed by atoms with Gasteiger partial charge < -0.3 is 4.90 Å². The largest absolute Gasteiger partial charge is 0.336 e. The molecule has 1 fully saturated rings. The van der Waals surface area contributed by atoms with E-state index in [1.165, 1.54) is 4.31 Å². The fourth-order valence-corrected chi connectivity index (χ4v) is 4.85. The minimum absolute atomic E-state index is 0.0440. The number of benzene rings is 2. The van der Waals surface area contributed by atoms with Gasteiger partial charge in [0.1, 0.15) is 0 Å². The van der Waals surface area contributed by atoms with Crippen molar-refractivity contribution in [3.8, 4) is 0 Å². The second-order valence-corrected chi connectivity index (χ2v) is 9.38. The maximum absolute atomic E-state index is 12.7. The van der Waals surface area contributed by atoms with E-state index in [2.05, 4.69) is 15.9 Å². The lowest BCUT2D eigenvalue weighted by molar-refractivity contribution is 0.0697. The molecule has 3 rings (SSSR count). The zero-order valence-corrected chi connectivity index (χ0v) is 17.2. The Morgan fingerprint density at radius 2 is 1.46 bits per heavy atom. The lowest BCUT2D eigenvalue weighted by Gasteiger charge is -2.34. The third kappa shape index (κ3) is 4.00. The van der Waals surface area contributed by atoms with E-state index in [4.69, 9.17) is 0 Å². The normalized spacial score (nSPS) is 15.9. The molecule has 26 heavy (non-hydrogen) atoms. The summed E-state index contributed by atoms with van der Waals surface area (Å²) >= 11 is 3.31. The molecule has 0 bridgehead atoms. The Balaban J connectivity index is 1.70. The quantitative estimate of drug-likeness (QED) is 0.741. The highest BCUT2D eigenvalue weighted by Crippen LogP contribution is 2.21. The first kappa shape index (κ1) is 19.1. The van der Waals surface area contributed by atoms with Crippen LogP contribution < -0.4 is 0 Å². The lowest BCUT2D eigenvalue weighted by atomic mass is 10.1. The Morgan fingerprint density at radius 3 is 2.00 bits per heavy atom. The van der Waals surface area contributed by atoms with Gasteiger partial charge in [0.25, 0.3) is 5.91 Å². The predicted octanol–water partition coefficient (Wildman–Crippen LogP) is 3.21. The molecule has 1 aliphatic heterocycles. The van der Waals surface area contributed by atoms with Crippen LogP contribution in [-0.4, -0.2) is 49.7 Å². The van der Waals surface area contributed by atoms with Gasteiger partial charge in [0.2, 0.25) is 10.0 Å². The summed E-state index contributed by atoms with van der Waals surface area (Å²) < 4.78 is 27.8. The van der Waals surface area contributed by atoms with Crippen molar-refractivity contribution in [1.29, 1.82) is 0 Å². The Hall–Kier alpha value is -1.70.